The normalized spacial score (nSPS) is 26.3. The van der Waals surface area contributed by atoms with Gasteiger partial charge >= 0.3 is 0 Å². The van der Waals surface area contributed by atoms with Gasteiger partial charge in [0.25, 0.3) is 0 Å². The zero-order valence-electron chi connectivity index (χ0n) is 10.6. The molecule has 0 amide bonds. The molecule has 3 rings (SSSR count). The van der Waals surface area contributed by atoms with Gasteiger partial charge in [-0.05, 0) is 31.4 Å². The van der Waals surface area contributed by atoms with Crippen LogP contribution < -0.4 is 10.6 Å². The Balaban J connectivity index is 2.01. The number of thiocarbonyl (C=S) groups is 1. The predicted molar refractivity (Wildman–Crippen MR) is 82.1 cm³/mol. The monoisotopic (exact) mass is 296 g/mol. The van der Waals surface area contributed by atoms with Crippen LogP contribution in [-0.4, -0.2) is 30.3 Å². The molecule has 2 unspecified atom stereocenters. The standard InChI is InChI=1S/C14H17ClN2OS/c15-9-3-1-5-11(13(9)14(16)19)17-7-8-18-12-6-2-4-10(12)17/h1,3,5,10,12H,2,4,6-8H2,(H2,16,19). The highest BCUT2D eigenvalue weighted by atomic mass is 35.5. The van der Waals surface area contributed by atoms with Gasteiger partial charge in [0, 0.05) is 12.2 Å². The summed E-state index contributed by atoms with van der Waals surface area (Å²) in [6.45, 7) is 1.63. The first-order chi connectivity index (χ1) is 9.18. The number of nitrogens with two attached hydrogens (primary N) is 1. The summed E-state index contributed by atoms with van der Waals surface area (Å²) in [5, 5.41) is 0.631. The van der Waals surface area contributed by atoms with E-state index in [0.29, 0.717) is 22.2 Å². The second kappa shape index (κ2) is 5.27. The van der Waals surface area contributed by atoms with Crippen LogP contribution in [0.4, 0.5) is 5.69 Å². The van der Waals surface area contributed by atoms with Gasteiger partial charge in [-0.25, -0.2) is 0 Å². The summed E-state index contributed by atoms with van der Waals surface area (Å²) in [5.74, 6) is 0. The molecular weight excluding hydrogens is 280 g/mol. The zero-order valence-corrected chi connectivity index (χ0v) is 12.2. The fraction of sp³-hybridized carbons (Fsp3) is 0.500. The van der Waals surface area contributed by atoms with Gasteiger partial charge < -0.3 is 15.4 Å². The van der Waals surface area contributed by atoms with Crippen molar-refractivity contribution in [2.45, 2.75) is 31.4 Å². The van der Waals surface area contributed by atoms with E-state index in [9.17, 15) is 0 Å². The van der Waals surface area contributed by atoms with Gasteiger partial charge in [0.05, 0.1) is 29.3 Å². The molecular formula is C14H17ClN2OS. The number of benzene rings is 1. The largest absolute Gasteiger partial charge is 0.389 e. The quantitative estimate of drug-likeness (QED) is 0.852. The fourth-order valence-corrected chi connectivity index (χ4v) is 3.76. The molecule has 1 aromatic carbocycles. The molecule has 1 aromatic rings. The first kappa shape index (κ1) is 13.2. The van der Waals surface area contributed by atoms with E-state index in [1.54, 1.807) is 0 Å². The van der Waals surface area contributed by atoms with Crippen molar-refractivity contribution >= 4 is 34.5 Å². The highest BCUT2D eigenvalue weighted by Gasteiger charge is 2.37. The Kier molecular flexibility index (Phi) is 3.65. The topological polar surface area (TPSA) is 38.5 Å². The molecule has 1 aliphatic heterocycles. The van der Waals surface area contributed by atoms with Crippen molar-refractivity contribution in [1.82, 2.24) is 0 Å². The van der Waals surface area contributed by atoms with Crippen molar-refractivity contribution in [2.24, 2.45) is 5.73 Å². The van der Waals surface area contributed by atoms with E-state index in [-0.39, 0.29) is 0 Å². The number of ether oxygens (including phenoxy) is 1. The van der Waals surface area contributed by atoms with Gasteiger partial charge in [-0.1, -0.05) is 29.9 Å². The Bertz CT molecular complexity index is 508. The van der Waals surface area contributed by atoms with E-state index in [1.165, 1.54) is 6.42 Å². The van der Waals surface area contributed by atoms with E-state index in [1.807, 2.05) is 12.1 Å². The highest BCUT2D eigenvalue weighted by molar-refractivity contribution is 7.80. The summed E-state index contributed by atoms with van der Waals surface area (Å²) in [7, 11) is 0. The summed E-state index contributed by atoms with van der Waals surface area (Å²) in [6.07, 6.45) is 3.86. The summed E-state index contributed by atoms with van der Waals surface area (Å²) in [5.41, 5.74) is 7.70. The zero-order chi connectivity index (χ0) is 13.4. The van der Waals surface area contributed by atoms with Crippen molar-refractivity contribution in [3.63, 3.8) is 0 Å². The van der Waals surface area contributed by atoms with E-state index in [4.69, 9.17) is 34.3 Å². The molecule has 2 N–H and O–H groups in total. The van der Waals surface area contributed by atoms with Gasteiger partial charge in [0.1, 0.15) is 4.99 Å². The predicted octanol–water partition coefficient (Wildman–Crippen LogP) is 2.73. The number of hydrogen-bond acceptors (Lipinski definition) is 3. The smallest absolute Gasteiger partial charge is 0.107 e. The van der Waals surface area contributed by atoms with Crippen LogP contribution >= 0.6 is 23.8 Å². The molecule has 1 heterocycles. The third kappa shape index (κ3) is 2.33. The Morgan fingerprint density at radius 1 is 1.42 bits per heavy atom. The minimum absolute atomic E-state index is 0.340. The molecule has 5 heteroatoms. The van der Waals surface area contributed by atoms with Crippen LogP contribution in [0.15, 0.2) is 18.2 Å². The summed E-state index contributed by atoms with van der Waals surface area (Å²) in [6, 6.07) is 6.28. The molecule has 1 saturated carbocycles. The molecule has 1 aliphatic carbocycles. The third-order valence-electron chi connectivity index (χ3n) is 4.03. The van der Waals surface area contributed by atoms with Crippen molar-refractivity contribution in [2.75, 3.05) is 18.1 Å². The number of fused-ring (bicyclic) bond motifs is 1. The highest BCUT2D eigenvalue weighted by Crippen LogP contribution is 2.36. The first-order valence-corrected chi connectivity index (χ1v) is 7.43. The molecule has 2 fully saturated rings. The Morgan fingerprint density at radius 3 is 3.05 bits per heavy atom. The lowest BCUT2D eigenvalue weighted by molar-refractivity contribution is 0.0256. The molecule has 0 spiro atoms. The summed E-state index contributed by atoms with van der Waals surface area (Å²) >= 11 is 11.4. The van der Waals surface area contributed by atoms with Gasteiger partial charge in [0.2, 0.25) is 0 Å². The van der Waals surface area contributed by atoms with Crippen molar-refractivity contribution in [3.8, 4) is 0 Å². The lowest BCUT2D eigenvalue weighted by Gasteiger charge is -2.40. The molecule has 102 valence electrons. The number of morpholine rings is 1. The van der Waals surface area contributed by atoms with Crippen LogP contribution in [0.2, 0.25) is 5.02 Å². The van der Waals surface area contributed by atoms with Gasteiger partial charge in [0.15, 0.2) is 0 Å². The van der Waals surface area contributed by atoms with Crippen LogP contribution in [0.1, 0.15) is 24.8 Å². The third-order valence-corrected chi connectivity index (χ3v) is 4.55. The van der Waals surface area contributed by atoms with Crippen molar-refractivity contribution in [1.29, 1.82) is 0 Å². The maximum absolute atomic E-state index is 6.26. The Hall–Kier alpha value is -0.840. The van der Waals surface area contributed by atoms with Crippen LogP contribution in [0.3, 0.4) is 0 Å². The number of anilines is 1. The van der Waals surface area contributed by atoms with E-state index in [2.05, 4.69) is 11.0 Å². The number of rotatable bonds is 2. The summed E-state index contributed by atoms with van der Waals surface area (Å²) < 4.78 is 5.85. The lowest BCUT2D eigenvalue weighted by Crippen LogP contribution is -2.49. The van der Waals surface area contributed by atoms with Gasteiger partial charge in [-0.2, -0.15) is 0 Å². The average Bonchev–Trinajstić information content (AvgIpc) is 2.85. The van der Waals surface area contributed by atoms with E-state index >= 15 is 0 Å². The van der Waals surface area contributed by atoms with Crippen molar-refractivity contribution < 1.29 is 4.74 Å². The van der Waals surface area contributed by atoms with Crippen molar-refractivity contribution in [3.05, 3.63) is 28.8 Å². The second-order valence-electron chi connectivity index (χ2n) is 5.10. The molecule has 0 aromatic heterocycles. The number of hydrogen-bond donors (Lipinski definition) is 1. The molecule has 0 bridgehead atoms. The molecule has 2 atom stereocenters. The molecule has 1 saturated heterocycles. The van der Waals surface area contributed by atoms with Crippen LogP contribution in [-0.2, 0) is 4.74 Å². The van der Waals surface area contributed by atoms with E-state index < -0.39 is 0 Å². The molecule has 2 aliphatic rings. The van der Waals surface area contributed by atoms with Crippen LogP contribution in [0.5, 0.6) is 0 Å². The average molecular weight is 297 g/mol. The maximum atomic E-state index is 6.26. The maximum Gasteiger partial charge on any atom is 0.107 e. The van der Waals surface area contributed by atoms with Gasteiger partial charge in [-0.15, -0.1) is 0 Å². The summed E-state index contributed by atoms with van der Waals surface area (Å²) in [4.78, 5) is 2.74. The fourth-order valence-electron chi connectivity index (χ4n) is 3.22. The molecule has 3 nitrogen and oxygen atoms in total. The Labute approximate surface area is 123 Å². The van der Waals surface area contributed by atoms with Crippen LogP contribution in [0.25, 0.3) is 0 Å². The minimum Gasteiger partial charge on any atom is -0.389 e. The first-order valence-electron chi connectivity index (χ1n) is 6.65. The van der Waals surface area contributed by atoms with Crippen LogP contribution in [0, 0.1) is 0 Å². The molecule has 0 radical (unpaired) electrons. The van der Waals surface area contributed by atoms with Gasteiger partial charge in [-0.3, -0.25) is 0 Å². The minimum atomic E-state index is 0.340. The Morgan fingerprint density at radius 2 is 2.26 bits per heavy atom. The second-order valence-corrected chi connectivity index (χ2v) is 5.95. The lowest BCUT2D eigenvalue weighted by atomic mass is 10.1. The SMILES string of the molecule is NC(=S)c1c(Cl)cccc1N1CCOC2CCCC21. The molecule has 19 heavy (non-hydrogen) atoms. The number of nitrogens with zero attached hydrogens (tertiary/aromatic N) is 1. The van der Waals surface area contributed by atoms with E-state index in [0.717, 1.165) is 37.2 Å². The number of halogens is 1.